The predicted octanol–water partition coefficient (Wildman–Crippen LogP) is 4.50. The molecule has 0 spiro atoms. The maximum Gasteiger partial charge on any atom is 0.255 e. The van der Waals surface area contributed by atoms with Crippen molar-refractivity contribution >= 4 is 17.5 Å². The zero-order valence-corrected chi connectivity index (χ0v) is 16.2. The van der Waals surface area contributed by atoms with Crippen LogP contribution in [0.1, 0.15) is 27.1 Å². The molecule has 0 aliphatic heterocycles. The van der Waals surface area contributed by atoms with Crippen LogP contribution in [0.3, 0.4) is 0 Å². The average Bonchev–Trinajstić information content (AvgIpc) is 2.73. The number of methoxy groups -OCH3 is 1. The van der Waals surface area contributed by atoms with E-state index < -0.39 is 11.7 Å². The van der Waals surface area contributed by atoms with Gasteiger partial charge in [-0.05, 0) is 48.4 Å². The number of hydrogen-bond acceptors (Lipinski definition) is 3. The lowest BCUT2D eigenvalue weighted by Gasteiger charge is -2.15. The van der Waals surface area contributed by atoms with Crippen LogP contribution >= 0.6 is 0 Å². The molecule has 0 unspecified atom stereocenters. The van der Waals surface area contributed by atoms with Crippen LogP contribution in [0.25, 0.3) is 0 Å². The van der Waals surface area contributed by atoms with E-state index in [1.54, 1.807) is 30.4 Å². The molecular weight excluding hydrogens is 371 g/mol. The molecule has 2 rings (SSSR count). The lowest BCUT2D eigenvalue weighted by atomic mass is 10.1. The highest BCUT2D eigenvalue weighted by molar-refractivity contribution is 6.10. The minimum atomic E-state index is -0.480. The third kappa shape index (κ3) is 5.90. The number of ether oxygens (including phenoxy) is 1. The zero-order chi connectivity index (χ0) is 21.2. The molecule has 2 amide bonds. The van der Waals surface area contributed by atoms with Crippen molar-refractivity contribution in [1.82, 2.24) is 5.32 Å². The maximum absolute atomic E-state index is 13.1. The summed E-state index contributed by atoms with van der Waals surface area (Å²) >= 11 is 0. The van der Waals surface area contributed by atoms with Crippen LogP contribution in [0.4, 0.5) is 10.1 Å². The van der Waals surface area contributed by atoms with Crippen molar-refractivity contribution in [1.29, 1.82) is 0 Å². The van der Waals surface area contributed by atoms with E-state index in [0.29, 0.717) is 18.7 Å². The topological polar surface area (TPSA) is 67.4 Å². The highest BCUT2D eigenvalue weighted by atomic mass is 19.1. The zero-order valence-electron chi connectivity index (χ0n) is 16.2. The van der Waals surface area contributed by atoms with Gasteiger partial charge in [-0.15, -0.1) is 0 Å². The molecule has 0 aliphatic rings. The Morgan fingerprint density at radius 2 is 1.83 bits per heavy atom. The second-order valence-electron chi connectivity index (χ2n) is 6.03. The van der Waals surface area contributed by atoms with Crippen molar-refractivity contribution in [3.05, 3.63) is 96.4 Å². The number of halogens is 1. The van der Waals surface area contributed by atoms with Gasteiger partial charge in [0.2, 0.25) is 0 Å². The third-order valence-electron chi connectivity index (χ3n) is 4.13. The van der Waals surface area contributed by atoms with E-state index in [2.05, 4.69) is 23.8 Å². The molecule has 0 saturated heterocycles. The summed E-state index contributed by atoms with van der Waals surface area (Å²) in [6.07, 6.45) is 5.76. The van der Waals surface area contributed by atoms with Crippen molar-refractivity contribution in [3.8, 4) is 5.75 Å². The minimum absolute atomic E-state index is 0.243. The average molecular weight is 394 g/mol. The smallest absolute Gasteiger partial charge is 0.255 e. The number of anilines is 1. The van der Waals surface area contributed by atoms with E-state index in [9.17, 15) is 14.0 Å². The molecule has 0 aromatic heterocycles. The maximum atomic E-state index is 13.1. The Hall–Kier alpha value is -3.67. The first-order valence-corrected chi connectivity index (χ1v) is 8.96. The van der Waals surface area contributed by atoms with Gasteiger partial charge in [0.25, 0.3) is 11.8 Å². The predicted molar refractivity (Wildman–Crippen MR) is 113 cm³/mol. The van der Waals surface area contributed by atoms with Gasteiger partial charge in [-0.2, -0.15) is 0 Å². The highest BCUT2D eigenvalue weighted by Gasteiger charge is 2.18. The molecule has 5 nitrogen and oxygen atoms in total. The molecule has 150 valence electrons. The van der Waals surface area contributed by atoms with Gasteiger partial charge in [0.05, 0.1) is 18.4 Å². The number of carbonyl (C=O) groups excluding carboxylic acids is 2. The Bertz CT molecular complexity index is 934. The normalized spacial score (nSPS) is 10.8. The van der Waals surface area contributed by atoms with E-state index in [-0.39, 0.29) is 22.7 Å². The van der Waals surface area contributed by atoms with Crippen molar-refractivity contribution < 1.29 is 18.7 Å². The molecule has 2 N–H and O–H groups in total. The summed E-state index contributed by atoms with van der Waals surface area (Å²) in [6.45, 7) is 7.75. The van der Waals surface area contributed by atoms with Crippen molar-refractivity contribution in [2.75, 3.05) is 19.0 Å². The number of hydrogen-bond donors (Lipinski definition) is 2. The van der Waals surface area contributed by atoms with E-state index in [1.165, 1.54) is 31.4 Å². The number of amides is 2. The standard InChI is InChI=1S/C23H23FN2O3/c1-4-7-16(5-2)14-15-25-23(28)19-8-6-9-20(29-3)21(19)26-22(27)17-10-12-18(24)13-11-17/h4-13H,1-2,14-15H2,3H3,(H,25,28)(H,26,27)/b16-7+. The van der Waals surface area contributed by atoms with Gasteiger partial charge in [-0.1, -0.05) is 37.5 Å². The molecule has 0 radical (unpaired) electrons. The number of carbonyl (C=O) groups is 2. The molecule has 0 saturated carbocycles. The first kappa shape index (κ1) is 21.6. The lowest BCUT2D eigenvalue weighted by molar-refractivity contribution is 0.0955. The van der Waals surface area contributed by atoms with E-state index in [0.717, 1.165) is 5.57 Å². The summed E-state index contributed by atoms with van der Waals surface area (Å²) in [5.41, 5.74) is 1.70. The molecule has 0 fully saturated rings. The second-order valence-corrected chi connectivity index (χ2v) is 6.03. The van der Waals surface area contributed by atoms with Gasteiger partial charge in [-0.3, -0.25) is 9.59 Å². The Kier molecular flexibility index (Phi) is 7.91. The highest BCUT2D eigenvalue weighted by Crippen LogP contribution is 2.29. The van der Waals surface area contributed by atoms with Crippen molar-refractivity contribution in [2.24, 2.45) is 0 Å². The first-order valence-electron chi connectivity index (χ1n) is 8.96. The van der Waals surface area contributed by atoms with Gasteiger partial charge in [0, 0.05) is 12.1 Å². The largest absolute Gasteiger partial charge is 0.495 e. The van der Waals surface area contributed by atoms with Crippen LogP contribution in [-0.4, -0.2) is 25.5 Å². The molecular formula is C23H23FN2O3. The summed E-state index contributed by atoms with van der Waals surface area (Å²) in [4.78, 5) is 25.2. The molecule has 0 atom stereocenters. The Labute approximate surface area is 169 Å². The lowest BCUT2D eigenvalue weighted by Crippen LogP contribution is -2.26. The molecule has 0 heterocycles. The monoisotopic (exact) mass is 394 g/mol. The fourth-order valence-electron chi connectivity index (χ4n) is 2.63. The van der Waals surface area contributed by atoms with Crippen LogP contribution in [0.15, 0.2) is 79.4 Å². The summed E-state index contributed by atoms with van der Waals surface area (Å²) in [6, 6.07) is 10.0. The van der Waals surface area contributed by atoms with Crippen LogP contribution in [0.2, 0.25) is 0 Å². The van der Waals surface area contributed by atoms with Gasteiger partial charge in [0.1, 0.15) is 11.6 Å². The van der Waals surface area contributed by atoms with Crippen LogP contribution in [-0.2, 0) is 0 Å². The molecule has 2 aromatic rings. The van der Waals surface area contributed by atoms with Gasteiger partial charge >= 0.3 is 0 Å². The second kappa shape index (κ2) is 10.6. The number of rotatable bonds is 9. The number of para-hydroxylation sites is 1. The van der Waals surface area contributed by atoms with Gasteiger partial charge < -0.3 is 15.4 Å². The number of allylic oxidation sites excluding steroid dienone is 3. The van der Waals surface area contributed by atoms with Crippen LogP contribution < -0.4 is 15.4 Å². The van der Waals surface area contributed by atoms with E-state index >= 15 is 0 Å². The van der Waals surface area contributed by atoms with Crippen LogP contribution in [0, 0.1) is 5.82 Å². The summed E-state index contributed by atoms with van der Waals surface area (Å²) < 4.78 is 18.4. The van der Waals surface area contributed by atoms with Crippen LogP contribution in [0.5, 0.6) is 5.75 Å². The number of benzene rings is 2. The first-order chi connectivity index (χ1) is 14.0. The molecule has 2 aromatic carbocycles. The summed E-state index contributed by atoms with van der Waals surface area (Å²) in [5, 5.41) is 5.51. The minimum Gasteiger partial charge on any atom is -0.495 e. The van der Waals surface area contributed by atoms with E-state index in [4.69, 9.17) is 4.74 Å². The molecule has 0 bridgehead atoms. The Morgan fingerprint density at radius 3 is 2.45 bits per heavy atom. The number of nitrogens with one attached hydrogen (secondary N) is 2. The fourth-order valence-corrected chi connectivity index (χ4v) is 2.63. The fraction of sp³-hybridized carbons (Fsp3) is 0.130. The quantitative estimate of drug-likeness (QED) is 0.615. The van der Waals surface area contributed by atoms with Gasteiger partial charge in [-0.25, -0.2) is 4.39 Å². The molecule has 6 heteroatoms. The Balaban J connectivity index is 2.19. The summed E-state index contributed by atoms with van der Waals surface area (Å²) in [5.74, 6) is -0.943. The third-order valence-corrected chi connectivity index (χ3v) is 4.13. The van der Waals surface area contributed by atoms with E-state index in [1.807, 2.05) is 6.08 Å². The SMILES string of the molecule is C=C/C=C(\C=C)CCNC(=O)c1cccc(OC)c1NC(=O)c1ccc(F)cc1. The van der Waals surface area contributed by atoms with Crippen molar-refractivity contribution in [3.63, 3.8) is 0 Å². The van der Waals surface area contributed by atoms with Crippen molar-refractivity contribution in [2.45, 2.75) is 6.42 Å². The van der Waals surface area contributed by atoms with Gasteiger partial charge in [0.15, 0.2) is 0 Å². The summed E-state index contributed by atoms with van der Waals surface area (Å²) in [7, 11) is 1.45. The Morgan fingerprint density at radius 1 is 1.10 bits per heavy atom. The molecule has 29 heavy (non-hydrogen) atoms. The molecule has 0 aliphatic carbocycles.